The Morgan fingerprint density at radius 3 is 2.38 bits per heavy atom. The fraction of sp³-hybridized carbons (Fsp3) is 0.833. The van der Waals surface area contributed by atoms with Crippen LogP contribution in [0.15, 0.2) is 0 Å². The van der Waals surface area contributed by atoms with E-state index in [9.17, 15) is 9.59 Å². The summed E-state index contributed by atoms with van der Waals surface area (Å²) in [6.07, 6.45) is 5.25. The molecule has 0 heterocycles. The Labute approximate surface area is 96.6 Å². The van der Waals surface area contributed by atoms with Gasteiger partial charge in [-0.2, -0.15) is 0 Å². The molecule has 4 nitrogen and oxygen atoms in total. The largest absolute Gasteiger partial charge is 0.481 e. The Bertz CT molecular complexity index is 249. The third-order valence-corrected chi connectivity index (χ3v) is 2.80. The summed E-state index contributed by atoms with van der Waals surface area (Å²) < 4.78 is 0. The molecule has 0 aromatic heterocycles. The number of unbranched alkanes of at least 4 members (excludes halogenated alkanes) is 1. The van der Waals surface area contributed by atoms with Gasteiger partial charge in [-0.3, -0.25) is 9.59 Å². The number of aliphatic carboxylic acids is 1. The highest BCUT2D eigenvalue weighted by atomic mass is 16.4. The van der Waals surface area contributed by atoms with Crippen LogP contribution in [-0.2, 0) is 9.59 Å². The van der Waals surface area contributed by atoms with Gasteiger partial charge in [-0.25, -0.2) is 0 Å². The third kappa shape index (κ3) is 4.64. The number of amides is 1. The standard InChI is InChI=1S/C12H21NO3/c1-2-9-13(10-7-8-10)11(14)5-3-4-6-12(15)16/h10H,2-9H2,1H3,(H,15,16). The average Bonchev–Trinajstić information content (AvgIpc) is 3.04. The highest BCUT2D eigenvalue weighted by Gasteiger charge is 2.31. The highest BCUT2D eigenvalue weighted by molar-refractivity contribution is 5.77. The van der Waals surface area contributed by atoms with E-state index in [1.165, 1.54) is 0 Å². The van der Waals surface area contributed by atoms with Gasteiger partial charge in [0.05, 0.1) is 0 Å². The number of rotatable bonds is 8. The molecule has 0 aliphatic heterocycles. The molecule has 0 bridgehead atoms. The molecule has 1 amide bonds. The van der Waals surface area contributed by atoms with Crippen molar-refractivity contribution in [2.75, 3.05) is 6.54 Å². The van der Waals surface area contributed by atoms with Crippen molar-refractivity contribution in [2.45, 2.75) is 57.9 Å². The van der Waals surface area contributed by atoms with Gasteiger partial charge in [0.2, 0.25) is 5.91 Å². The van der Waals surface area contributed by atoms with Crippen LogP contribution in [0, 0.1) is 0 Å². The molecule has 1 rings (SSSR count). The van der Waals surface area contributed by atoms with Gasteiger partial charge in [0.15, 0.2) is 0 Å². The summed E-state index contributed by atoms with van der Waals surface area (Å²) in [7, 11) is 0. The maximum atomic E-state index is 11.8. The second-order valence-corrected chi connectivity index (χ2v) is 4.42. The number of carbonyl (C=O) groups excluding carboxylic acids is 1. The van der Waals surface area contributed by atoms with Crippen LogP contribution in [0.5, 0.6) is 0 Å². The molecule has 0 radical (unpaired) electrons. The summed E-state index contributed by atoms with van der Waals surface area (Å²) in [6, 6.07) is 0.479. The maximum Gasteiger partial charge on any atom is 0.303 e. The molecule has 0 aromatic carbocycles. The molecule has 0 saturated heterocycles. The van der Waals surface area contributed by atoms with E-state index in [4.69, 9.17) is 5.11 Å². The summed E-state index contributed by atoms with van der Waals surface area (Å²) in [5.74, 6) is -0.574. The molecule has 0 spiro atoms. The molecule has 1 saturated carbocycles. The minimum atomic E-state index is -0.778. The minimum Gasteiger partial charge on any atom is -0.481 e. The Balaban J connectivity index is 2.18. The SMILES string of the molecule is CCCN(C(=O)CCCCC(=O)O)C1CC1. The molecule has 16 heavy (non-hydrogen) atoms. The molecule has 0 aromatic rings. The lowest BCUT2D eigenvalue weighted by molar-refractivity contribution is -0.137. The first-order valence-electron chi connectivity index (χ1n) is 6.16. The summed E-state index contributed by atoms with van der Waals surface area (Å²) in [5, 5.41) is 8.48. The number of nitrogens with zero attached hydrogens (tertiary/aromatic N) is 1. The minimum absolute atomic E-state index is 0.171. The lowest BCUT2D eigenvalue weighted by Crippen LogP contribution is -2.33. The average molecular weight is 227 g/mol. The van der Waals surface area contributed by atoms with Crippen LogP contribution in [0.4, 0.5) is 0 Å². The number of carbonyl (C=O) groups is 2. The molecule has 1 fully saturated rings. The molecule has 1 aliphatic carbocycles. The molecule has 4 heteroatoms. The zero-order chi connectivity index (χ0) is 12.0. The maximum absolute atomic E-state index is 11.8. The van der Waals surface area contributed by atoms with E-state index in [0.29, 0.717) is 25.3 Å². The van der Waals surface area contributed by atoms with Gasteiger partial charge in [0.1, 0.15) is 0 Å². The predicted octanol–water partition coefficient (Wildman–Crippen LogP) is 2.03. The van der Waals surface area contributed by atoms with E-state index in [1.54, 1.807) is 0 Å². The first-order chi connectivity index (χ1) is 7.65. The fourth-order valence-electron chi connectivity index (χ4n) is 1.83. The summed E-state index contributed by atoms with van der Waals surface area (Å²) in [4.78, 5) is 24.1. The zero-order valence-electron chi connectivity index (χ0n) is 9.95. The summed E-state index contributed by atoms with van der Waals surface area (Å²) in [6.45, 7) is 2.93. The predicted molar refractivity (Wildman–Crippen MR) is 61.1 cm³/mol. The summed E-state index contributed by atoms with van der Waals surface area (Å²) >= 11 is 0. The summed E-state index contributed by atoms with van der Waals surface area (Å²) in [5.41, 5.74) is 0. The Hall–Kier alpha value is -1.06. The van der Waals surface area contributed by atoms with Crippen molar-refractivity contribution in [3.8, 4) is 0 Å². The fourth-order valence-corrected chi connectivity index (χ4v) is 1.83. The van der Waals surface area contributed by atoms with Crippen LogP contribution < -0.4 is 0 Å². The van der Waals surface area contributed by atoms with E-state index in [-0.39, 0.29) is 12.3 Å². The van der Waals surface area contributed by atoms with E-state index >= 15 is 0 Å². The van der Waals surface area contributed by atoms with Crippen LogP contribution in [0.3, 0.4) is 0 Å². The normalized spacial score (nSPS) is 14.8. The lowest BCUT2D eigenvalue weighted by atomic mass is 10.1. The van der Waals surface area contributed by atoms with Gasteiger partial charge < -0.3 is 10.0 Å². The second kappa shape index (κ2) is 6.51. The Morgan fingerprint density at radius 1 is 1.25 bits per heavy atom. The van der Waals surface area contributed by atoms with Crippen molar-refractivity contribution in [2.24, 2.45) is 0 Å². The van der Waals surface area contributed by atoms with Crippen molar-refractivity contribution in [3.05, 3.63) is 0 Å². The molecular formula is C12H21NO3. The lowest BCUT2D eigenvalue weighted by Gasteiger charge is -2.21. The molecule has 0 unspecified atom stereocenters. The van der Waals surface area contributed by atoms with E-state index in [0.717, 1.165) is 25.8 Å². The number of carboxylic acids is 1. The van der Waals surface area contributed by atoms with E-state index < -0.39 is 5.97 Å². The monoisotopic (exact) mass is 227 g/mol. The van der Waals surface area contributed by atoms with Crippen molar-refractivity contribution < 1.29 is 14.7 Å². The van der Waals surface area contributed by atoms with Crippen molar-refractivity contribution in [3.63, 3.8) is 0 Å². The van der Waals surface area contributed by atoms with E-state index in [2.05, 4.69) is 6.92 Å². The number of hydrogen-bond acceptors (Lipinski definition) is 2. The molecule has 1 aliphatic rings. The van der Waals surface area contributed by atoms with Crippen LogP contribution >= 0.6 is 0 Å². The highest BCUT2D eigenvalue weighted by Crippen LogP contribution is 2.27. The van der Waals surface area contributed by atoms with Gasteiger partial charge in [-0.15, -0.1) is 0 Å². The third-order valence-electron chi connectivity index (χ3n) is 2.80. The molecule has 1 N–H and O–H groups in total. The zero-order valence-corrected chi connectivity index (χ0v) is 9.95. The Kier molecular flexibility index (Phi) is 5.29. The molecule has 92 valence electrons. The van der Waals surface area contributed by atoms with Crippen LogP contribution in [0.25, 0.3) is 0 Å². The molecular weight excluding hydrogens is 206 g/mol. The van der Waals surface area contributed by atoms with Crippen LogP contribution in [0.2, 0.25) is 0 Å². The van der Waals surface area contributed by atoms with Crippen LogP contribution in [0.1, 0.15) is 51.9 Å². The van der Waals surface area contributed by atoms with Crippen molar-refractivity contribution >= 4 is 11.9 Å². The van der Waals surface area contributed by atoms with Gasteiger partial charge in [-0.1, -0.05) is 6.92 Å². The van der Waals surface area contributed by atoms with Gasteiger partial charge >= 0.3 is 5.97 Å². The topological polar surface area (TPSA) is 57.6 Å². The van der Waals surface area contributed by atoms with Crippen LogP contribution in [-0.4, -0.2) is 34.5 Å². The quantitative estimate of drug-likeness (QED) is 0.645. The van der Waals surface area contributed by atoms with Gasteiger partial charge in [-0.05, 0) is 32.1 Å². The smallest absolute Gasteiger partial charge is 0.303 e. The Morgan fingerprint density at radius 2 is 1.88 bits per heavy atom. The van der Waals surface area contributed by atoms with Gasteiger partial charge in [0.25, 0.3) is 0 Å². The first-order valence-corrected chi connectivity index (χ1v) is 6.16. The first kappa shape index (κ1) is 13.0. The number of carboxylic acid groups (broad SMARTS) is 1. The van der Waals surface area contributed by atoms with E-state index in [1.807, 2.05) is 4.90 Å². The van der Waals surface area contributed by atoms with Crippen molar-refractivity contribution in [1.82, 2.24) is 4.90 Å². The van der Waals surface area contributed by atoms with Gasteiger partial charge in [0, 0.05) is 25.4 Å². The van der Waals surface area contributed by atoms with Crippen molar-refractivity contribution in [1.29, 1.82) is 0 Å². The molecule has 0 atom stereocenters. The number of hydrogen-bond donors (Lipinski definition) is 1. The second-order valence-electron chi connectivity index (χ2n) is 4.42.